The van der Waals surface area contributed by atoms with Crippen molar-refractivity contribution in [3.63, 3.8) is 0 Å². The number of aromatic nitrogens is 2. The zero-order valence-electron chi connectivity index (χ0n) is 25.2. The van der Waals surface area contributed by atoms with Gasteiger partial charge in [-0.25, -0.2) is 9.59 Å². The van der Waals surface area contributed by atoms with E-state index in [9.17, 15) is 9.59 Å². The fraction of sp³-hybridized carbons (Fsp3) is 0.455. The van der Waals surface area contributed by atoms with Crippen LogP contribution in [0.25, 0.3) is 0 Å². The summed E-state index contributed by atoms with van der Waals surface area (Å²) in [5.74, 6) is 0.941. The summed E-state index contributed by atoms with van der Waals surface area (Å²) >= 11 is 0. The highest BCUT2D eigenvalue weighted by Gasteiger charge is 2.36. The molecule has 1 aliphatic heterocycles. The second-order valence-electron chi connectivity index (χ2n) is 10.5. The summed E-state index contributed by atoms with van der Waals surface area (Å²) in [7, 11) is 4.48. The number of carbonyl (C=O) groups excluding carboxylic acids is 2. The number of hydrogen-bond acceptors (Lipinski definition) is 9. The molecule has 230 valence electrons. The van der Waals surface area contributed by atoms with E-state index in [4.69, 9.17) is 23.7 Å². The molecule has 1 saturated heterocycles. The van der Waals surface area contributed by atoms with Crippen LogP contribution in [0.15, 0.2) is 61.2 Å². The Morgan fingerprint density at radius 1 is 0.884 bits per heavy atom. The summed E-state index contributed by atoms with van der Waals surface area (Å²) in [5, 5.41) is 0. The lowest BCUT2D eigenvalue weighted by molar-refractivity contribution is -0.156. The third-order valence-corrected chi connectivity index (χ3v) is 7.56. The standard InChI is InChI=1S/C33H41N3O7/c1-39-29-20-27(21-30(40-2)31(29)41-3)43-33(38)36-19-5-4-16-28(36)32(37)42-26(14-6-10-24-12-8-17-34-22-24)15-7-11-25-13-9-18-35-23-25/h8-9,12-13,17-18,20-23,26,28H,4-7,10-11,14-16,19H2,1-3H3/t28-/m0/s1. The van der Waals surface area contributed by atoms with Gasteiger partial charge in [-0.15, -0.1) is 0 Å². The number of pyridine rings is 2. The first-order valence-electron chi connectivity index (χ1n) is 14.8. The molecule has 1 amide bonds. The molecule has 4 rings (SSSR count). The number of methoxy groups -OCH3 is 3. The Bertz CT molecular complexity index is 1240. The normalized spacial score (nSPS) is 14.7. The van der Waals surface area contributed by atoms with Crippen molar-refractivity contribution in [3.8, 4) is 23.0 Å². The molecule has 3 heterocycles. The third kappa shape index (κ3) is 9.07. The Morgan fingerprint density at radius 3 is 2.00 bits per heavy atom. The van der Waals surface area contributed by atoms with Gasteiger partial charge in [0.1, 0.15) is 17.9 Å². The molecule has 10 nitrogen and oxygen atoms in total. The van der Waals surface area contributed by atoms with E-state index in [1.165, 1.54) is 26.2 Å². The molecule has 2 aromatic heterocycles. The predicted molar refractivity (Wildman–Crippen MR) is 161 cm³/mol. The number of benzene rings is 1. The van der Waals surface area contributed by atoms with Crippen LogP contribution in [0, 0.1) is 0 Å². The number of ether oxygens (including phenoxy) is 5. The third-order valence-electron chi connectivity index (χ3n) is 7.56. The van der Waals surface area contributed by atoms with Crippen LogP contribution in [0.5, 0.6) is 23.0 Å². The number of carbonyl (C=O) groups is 2. The van der Waals surface area contributed by atoms with Crippen LogP contribution in [0.4, 0.5) is 4.79 Å². The number of piperidine rings is 1. The number of nitrogens with zero attached hydrogens (tertiary/aromatic N) is 3. The first kappa shape index (κ1) is 31.6. The highest BCUT2D eigenvalue weighted by atomic mass is 16.6. The molecule has 0 radical (unpaired) electrons. The van der Waals surface area contributed by atoms with Gasteiger partial charge in [0, 0.05) is 43.5 Å². The molecule has 1 fully saturated rings. The summed E-state index contributed by atoms with van der Waals surface area (Å²) in [5.41, 5.74) is 2.30. The molecule has 1 aromatic carbocycles. The van der Waals surface area contributed by atoms with Crippen LogP contribution in [-0.2, 0) is 22.4 Å². The number of amides is 1. The van der Waals surface area contributed by atoms with Crippen LogP contribution < -0.4 is 18.9 Å². The van der Waals surface area contributed by atoms with Crippen LogP contribution in [0.3, 0.4) is 0 Å². The fourth-order valence-corrected chi connectivity index (χ4v) is 5.34. The minimum Gasteiger partial charge on any atom is -0.493 e. The highest BCUT2D eigenvalue weighted by molar-refractivity contribution is 5.82. The lowest BCUT2D eigenvalue weighted by atomic mass is 10.0. The molecular formula is C33H41N3O7. The Morgan fingerprint density at radius 2 is 1.49 bits per heavy atom. The van der Waals surface area contributed by atoms with E-state index in [-0.39, 0.29) is 11.9 Å². The molecule has 1 aliphatic rings. The smallest absolute Gasteiger partial charge is 0.415 e. The van der Waals surface area contributed by atoms with Crippen molar-refractivity contribution in [2.24, 2.45) is 0 Å². The van der Waals surface area contributed by atoms with Gasteiger partial charge in [-0.05, 0) is 81.0 Å². The second kappa shape index (κ2) is 16.3. The van der Waals surface area contributed by atoms with Gasteiger partial charge in [0.15, 0.2) is 11.5 Å². The molecule has 43 heavy (non-hydrogen) atoms. The van der Waals surface area contributed by atoms with E-state index < -0.39 is 18.1 Å². The predicted octanol–water partition coefficient (Wildman–Crippen LogP) is 5.81. The summed E-state index contributed by atoms with van der Waals surface area (Å²) in [6, 6.07) is 10.3. The van der Waals surface area contributed by atoms with Gasteiger partial charge >= 0.3 is 12.1 Å². The molecule has 1 atom stereocenters. The SMILES string of the molecule is COc1cc(OC(=O)N2CCCC[C@H]2C(=O)OC(CCCc2cccnc2)CCCc2cccnc2)cc(OC)c1OC. The Hall–Kier alpha value is -4.34. The van der Waals surface area contributed by atoms with Crippen molar-refractivity contribution in [3.05, 3.63) is 72.3 Å². The van der Waals surface area contributed by atoms with Gasteiger partial charge in [-0.3, -0.25) is 14.9 Å². The zero-order chi connectivity index (χ0) is 30.4. The molecule has 0 unspecified atom stereocenters. The fourth-order valence-electron chi connectivity index (χ4n) is 5.34. The maximum absolute atomic E-state index is 13.6. The van der Waals surface area contributed by atoms with Crippen molar-refractivity contribution in [1.29, 1.82) is 0 Å². The Kier molecular flexibility index (Phi) is 12.0. The molecule has 10 heteroatoms. The van der Waals surface area contributed by atoms with Crippen LogP contribution in [-0.4, -0.2) is 67.0 Å². The van der Waals surface area contributed by atoms with E-state index in [0.717, 1.165) is 62.5 Å². The first-order valence-corrected chi connectivity index (χ1v) is 14.8. The topological polar surface area (TPSA) is 109 Å². The van der Waals surface area contributed by atoms with Gasteiger partial charge in [-0.2, -0.15) is 0 Å². The van der Waals surface area contributed by atoms with Crippen molar-refractivity contribution in [1.82, 2.24) is 14.9 Å². The van der Waals surface area contributed by atoms with Crippen molar-refractivity contribution < 1.29 is 33.3 Å². The van der Waals surface area contributed by atoms with E-state index >= 15 is 0 Å². The van der Waals surface area contributed by atoms with E-state index in [1.54, 1.807) is 24.5 Å². The maximum Gasteiger partial charge on any atom is 0.415 e. The first-order chi connectivity index (χ1) is 21.0. The Balaban J connectivity index is 1.41. The quantitative estimate of drug-likeness (QED) is 0.214. The molecule has 0 aliphatic carbocycles. The van der Waals surface area contributed by atoms with Gasteiger partial charge < -0.3 is 23.7 Å². The molecule has 0 saturated carbocycles. The lowest BCUT2D eigenvalue weighted by Gasteiger charge is -2.34. The number of esters is 1. The second-order valence-corrected chi connectivity index (χ2v) is 10.5. The van der Waals surface area contributed by atoms with Crippen molar-refractivity contribution >= 4 is 12.1 Å². The monoisotopic (exact) mass is 591 g/mol. The van der Waals surface area contributed by atoms with E-state index in [1.807, 2.05) is 24.5 Å². The molecule has 0 bridgehead atoms. The minimum absolute atomic E-state index is 0.223. The average Bonchev–Trinajstić information content (AvgIpc) is 3.05. The van der Waals surface area contributed by atoms with Crippen molar-refractivity contribution in [2.75, 3.05) is 27.9 Å². The summed E-state index contributed by atoms with van der Waals surface area (Å²) in [6.45, 7) is 0.399. The number of hydrogen-bond donors (Lipinski definition) is 0. The zero-order valence-corrected chi connectivity index (χ0v) is 25.2. The van der Waals surface area contributed by atoms with Gasteiger partial charge in [0.2, 0.25) is 5.75 Å². The van der Waals surface area contributed by atoms with E-state index in [0.29, 0.717) is 30.2 Å². The molecule has 3 aromatic rings. The van der Waals surface area contributed by atoms with Gasteiger partial charge in [0.25, 0.3) is 0 Å². The summed E-state index contributed by atoms with van der Waals surface area (Å²) in [4.78, 5) is 36.8. The van der Waals surface area contributed by atoms with E-state index in [2.05, 4.69) is 22.1 Å². The average molecular weight is 592 g/mol. The molecule has 0 spiro atoms. The maximum atomic E-state index is 13.6. The summed E-state index contributed by atoms with van der Waals surface area (Å²) in [6.07, 6.45) is 13.3. The van der Waals surface area contributed by atoms with Crippen LogP contribution in [0.2, 0.25) is 0 Å². The summed E-state index contributed by atoms with van der Waals surface area (Å²) < 4.78 is 27.9. The van der Waals surface area contributed by atoms with Crippen LogP contribution in [0.1, 0.15) is 56.1 Å². The molecule has 0 N–H and O–H groups in total. The van der Waals surface area contributed by atoms with Gasteiger partial charge in [0.05, 0.1) is 21.3 Å². The largest absolute Gasteiger partial charge is 0.493 e. The minimum atomic E-state index is -0.720. The highest BCUT2D eigenvalue weighted by Crippen LogP contribution is 2.41. The number of likely N-dealkylation sites (tertiary alicyclic amines) is 1. The lowest BCUT2D eigenvalue weighted by Crippen LogP contribution is -2.50. The molecular weight excluding hydrogens is 550 g/mol. The number of aryl methyl sites for hydroxylation is 2. The Labute approximate surface area is 253 Å². The van der Waals surface area contributed by atoms with Crippen molar-refractivity contribution in [2.45, 2.75) is 69.9 Å². The van der Waals surface area contributed by atoms with Gasteiger partial charge in [-0.1, -0.05) is 12.1 Å². The van der Waals surface area contributed by atoms with Crippen LogP contribution >= 0.6 is 0 Å². The number of rotatable bonds is 14.